The molecule has 4 heteroatoms. The summed E-state index contributed by atoms with van der Waals surface area (Å²) in [6, 6.07) is 4.93. The Morgan fingerprint density at radius 3 is 2.72 bits per heavy atom. The summed E-state index contributed by atoms with van der Waals surface area (Å²) in [4.78, 5) is 11.9. The van der Waals surface area contributed by atoms with Crippen LogP contribution >= 0.6 is 11.6 Å². The van der Waals surface area contributed by atoms with Crippen LogP contribution in [0.25, 0.3) is 0 Å². The van der Waals surface area contributed by atoms with E-state index in [0.717, 1.165) is 18.9 Å². The van der Waals surface area contributed by atoms with Gasteiger partial charge in [-0.05, 0) is 30.5 Å². The third-order valence-corrected chi connectivity index (χ3v) is 3.71. The van der Waals surface area contributed by atoms with E-state index >= 15 is 0 Å². The van der Waals surface area contributed by atoms with Crippen molar-refractivity contribution in [2.45, 2.75) is 32.1 Å². The normalized spacial score (nSPS) is 15.8. The lowest BCUT2D eigenvalue weighted by atomic mass is 10.0. The molecule has 1 aliphatic rings. The summed E-state index contributed by atoms with van der Waals surface area (Å²) in [7, 11) is 0. The molecular formula is C14H19ClN2O. The molecule has 2 rings (SSSR count). The minimum Gasteiger partial charge on any atom is -0.399 e. The molecule has 0 spiro atoms. The highest BCUT2D eigenvalue weighted by Crippen LogP contribution is 2.26. The maximum absolute atomic E-state index is 11.9. The molecule has 1 aromatic carbocycles. The van der Waals surface area contributed by atoms with Crippen LogP contribution in [0.4, 0.5) is 5.69 Å². The molecule has 1 aromatic rings. The highest BCUT2D eigenvalue weighted by Gasteiger charge is 2.15. The molecule has 18 heavy (non-hydrogen) atoms. The summed E-state index contributed by atoms with van der Waals surface area (Å²) in [5.41, 5.74) is 6.71. The third-order valence-electron chi connectivity index (χ3n) is 3.50. The van der Waals surface area contributed by atoms with Gasteiger partial charge in [0, 0.05) is 22.8 Å². The summed E-state index contributed by atoms with van der Waals surface area (Å²) in [5, 5.41) is 3.42. The average Bonchev–Trinajstić information content (AvgIpc) is 2.80. The van der Waals surface area contributed by atoms with Gasteiger partial charge in [-0.3, -0.25) is 4.79 Å². The SMILES string of the molecule is Nc1cc(Cl)cc(C(=O)NCCC2CCCC2)c1. The second-order valence-electron chi connectivity index (χ2n) is 4.97. The minimum atomic E-state index is -0.0952. The van der Waals surface area contributed by atoms with Crippen molar-refractivity contribution in [1.82, 2.24) is 5.32 Å². The fourth-order valence-electron chi connectivity index (χ4n) is 2.53. The van der Waals surface area contributed by atoms with Crippen molar-refractivity contribution in [1.29, 1.82) is 0 Å². The molecule has 0 unspecified atom stereocenters. The number of hydrogen-bond acceptors (Lipinski definition) is 2. The van der Waals surface area contributed by atoms with Crippen molar-refractivity contribution in [2.24, 2.45) is 5.92 Å². The molecule has 0 atom stereocenters. The van der Waals surface area contributed by atoms with Crippen molar-refractivity contribution < 1.29 is 4.79 Å². The summed E-state index contributed by atoms with van der Waals surface area (Å²) in [6.07, 6.45) is 6.36. The number of hydrogen-bond donors (Lipinski definition) is 2. The molecule has 1 aliphatic carbocycles. The van der Waals surface area contributed by atoms with E-state index in [-0.39, 0.29) is 5.91 Å². The molecule has 1 saturated carbocycles. The van der Waals surface area contributed by atoms with Gasteiger partial charge in [-0.25, -0.2) is 0 Å². The number of carbonyl (C=O) groups is 1. The smallest absolute Gasteiger partial charge is 0.251 e. The van der Waals surface area contributed by atoms with Crippen LogP contribution in [-0.2, 0) is 0 Å². The van der Waals surface area contributed by atoms with E-state index in [1.54, 1.807) is 18.2 Å². The standard InChI is InChI=1S/C14H19ClN2O/c15-12-7-11(8-13(16)9-12)14(18)17-6-5-10-3-1-2-4-10/h7-10H,1-6,16H2,(H,17,18). The van der Waals surface area contributed by atoms with Gasteiger partial charge in [0.2, 0.25) is 0 Å². The summed E-state index contributed by atoms with van der Waals surface area (Å²) in [6.45, 7) is 0.732. The van der Waals surface area contributed by atoms with Gasteiger partial charge in [0.05, 0.1) is 0 Å². The number of benzene rings is 1. The molecule has 0 saturated heterocycles. The number of nitrogens with two attached hydrogens (primary N) is 1. The average molecular weight is 267 g/mol. The van der Waals surface area contributed by atoms with E-state index in [9.17, 15) is 4.79 Å². The number of nitrogens with one attached hydrogen (secondary N) is 1. The van der Waals surface area contributed by atoms with Gasteiger partial charge in [-0.1, -0.05) is 37.3 Å². The van der Waals surface area contributed by atoms with Crippen LogP contribution in [0.15, 0.2) is 18.2 Å². The Bertz CT molecular complexity index is 408. The van der Waals surface area contributed by atoms with E-state index in [1.807, 2.05) is 0 Å². The van der Waals surface area contributed by atoms with Crippen molar-refractivity contribution >= 4 is 23.2 Å². The summed E-state index contributed by atoms with van der Waals surface area (Å²) >= 11 is 5.87. The molecule has 3 N–H and O–H groups in total. The van der Waals surface area contributed by atoms with E-state index in [2.05, 4.69) is 5.32 Å². The second-order valence-corrected chi connectivity index (χ2v) is 5.40. The topological polar surface area (TPSA) is 55.1 Å². The molecule has 1 fully saturated rings. The molecule has 0 aliphatic heterocycles. The maximum Gasteiger partial charge on any atom is 0.251 e. The Morgan fingerprint density at radius 1 is 1.33 bits per heavy atom. The zero-order valence-corrected chi connectivity index (χ0v) is 11.2. The van der Waals surface area contributed by atoms with Crippen LogP contribution in [0.1, 0.15) is 42.5 Å². The first-order valence-electron chi connectivity index (χ1n) is 6.49. The van der Waals surface area contributed by atoms with Crippen LogP contribution in [0, 0.1) is 5.92 Å². The van der Waals surface area contributed by atoms with Gasteiger partial charge < -0.3 is 11.1 Å². The van der Waals surface area contributed by atoms with E-state index < -0.39 is 0 Å². The van der Waals surface area contributed by atoms with Gasteiger partial charge in [-0.2, -0.15) is 0 Å². The third kappa shape index (κ3) is 3.64. The first-order valence-corrected chi connectivity index (χ1v) is 6.87. The Balaban J connectivity index is 1.83. The molecule has 0 aromatic heterocycles. The van der Waals surface area contributed by atoms with Gasteiger partial charge >= 0.3 is 0 Å². The zero-order chi connectivity index (χ0) is 13.0. The van der Waals surface area contributed by atoms with Crippen LogP contribution in [0.5, 0.6) is 0 Å². The highest BCUT2D eigenvalue weighted by molar-refractivity contribution is 6.31. The number of carbonyl (C=O) groups excluding carboxylic acids is 1. The van der Waals surface area contributed by atoms with Gasteiger partial charge in [0.25, 0.3) is 5.91 Å². The summed E-state index contributed by atoms with van der Waals surface area (Å²) in [5.74, 6) is 0.692. The van der Waals surface area contributed by atoms with Crippen molar-refractivity contribution in [3.05, 3.63) is 28.8 Å². The number of nitrogen functional groups attached to an aromatic ring is 1. The first-order chi connectivity index (χ1) is 8.65. The Morgan fingerprint density at radius 2 is 2.06 bits per heavy atom. The predicted octanol–water partition coefficient (Wildman–Crippen LogP) is 3.23. The van der Waals surface area contributed by atoms with E-state index in [0.29, 0.717) is 16.3 Å². The monoisotopic (exact) mass is 266 g/mol. The number of amides is 1. The lowest BCUT2D eigenvalue weighted by molar-refractivity contribution is 0.0951. The van der Waals surface area contributed by atoms with Crippen molar-refractivity contribution in [3.8, 4) is 0 Å². The largest absolute Gasteiger partial charge is 0.399 e. The quantitative estimate of drug-likeness (QED) is 0.822. The Kier molecular flexibility index (Phi) is 4.48. The first kappa shape index (κ1) is 13.2. The van der Waals surface area contributed by atoms with Crippen LogP contribution < -0.4 is 11.1 Å². The lowest BCUT2D eigenvalue weighted by Gasteiger charge is -2.10. The number of rotatable bonds is 4. The Hall–Kier alpha value is -1.22. The van der Waals surface area contributed by atoms with Gasteiger partial charge in [-0.15, -0.1) is 0 Å². The molecule has 3 nitrogen and oxygen atoms in total. The molecule has 0 radical (unpaired) electrons. The molecule has 98 valence electrons. The molecule has 1 amide bonds. The molecule has 0 heterocycles. The number of anilines is 1. The van der Waals surface area contributed by atoms with Gasteiger partial charge in [0.1, 0.15) is 0 Å². The molecular weight excluding hydrogens is 248 g/mol. The van der Waals surface area contributed by atoms with E-state index in [1.165, 1.54) is 25.7 Å². The molecule has 0 bridgehead atoms. The highest BCUT2D eigenvalue weighted by atomic mass is 35.5. The lowest BCUT2D eigenvalue weighted by Crippen LogP contribution is -2.25. The number of halogens is 1. The van der Waals surface area contributed by atoms with E-state index in [4.69, 9.17) is 17.3 Å². The van der Waals surface area contributed by atoms with Crippen LogP contribution in [-0.4, -0.2) is 12.5 Å². The van der Waals surface area contributed by atoms with Crippen LogP contribution in [0.2, 0.25) is 5.02 Å². The van der Waals surface area contributed by atoms with Crippen molar-refractivity contribution in [2.75, 3.05) is 12.3 Å². The second kappa shape index (κ2) is 6.10. The minimum absolute atomic E-state index is 0.0952. The maximum atomic E-state index is 11.9. The van der Waals surface area contributed by atoms with Gasteiger partial charge in [0.15, 0.2) is 0 Å². The summed E-state index contributed by atoms with van der Waals surface area (Å²) < 4.78 is 0. The fraction of sp³-hybridized carbons (Fsp3) is 0.500. The van der Waals surface area contributed by atoms with Crippen LogP contribution in [0.3, 0.4) is 0 Å². The zero-order valence-electron chi connectivity index (χ0n) is 10.4. The fourth-order valence-corrected chi connectivity index (χ4v) is 2.78. The van der Waals surface area contributed by atoms with Crippen molar-refractivity contribution in [3.63, 3.8) is 0 Å². The Labute approximate surface area is 113 Å². The predicted molar refractivity (Wildman–Crippen MR) is 74.8 cm³/mol.